The van der Waals surface area contributed by atoms with E-state index in [1.807, 2.05) is 25.1 Å². The molecule has 0 aliphatic heterocycles. The number of aryl methyl sites for hydroxylation is 1. The third-order valence-electron chi connectivity index (χ3n) is 3.63. The maximum absolute atomic E-state index is 9.72. The molecule has 1 atom stereocenters. The molecule has 0 aromatic carbocycles. The van der Waals surface area contributed by atoms with Crippen molar-refractivity contribution < 1.29 is 15.3 Å². The molecule has 3 rings (SSSR count). The number of aliphatic hydroxyl groups excluding tert-OH is 3. The second-order valence-corrected chi connectivity index (χ2v) is 8.79. The van der Waals surface area contributed by atoms with Crippen LogP contribution in [0.1, 0.15) is 17.5 Å². The standard InChI is InChI=1S/C18H20N4O3S3/c1-11-15(3-2-4-19-11)28-16-7-12(26-6-5-23)8-20-17(16)22-18-21-13(10-27-18)14(25)9-24/h2-4,7-8,10,14,23-25H,5-6,9H2,1H3,(H,20,21,22). The van der Waals surface area contributed by atoms with E-state index >= 15 is 0 Å². The van der Waals surface area contributed by atoms with Gasteiger partial charge in [0, 0.05) is 33.3 Å². The molecule has 0 spiro atoms. The van der Waals surface area contributed by atoms with Gasteiger partial charge in [0.05, 0.1) is 29.5 Å². The molecule has 0 aliphatic carbocycles. The maximum atomic E-state index is 9.72. The zero-order chi connectivity index (χ0) is 19.9. The van der Waals surface area contributed by atoms with Crippen molar-refractivity contribution in [3.05, 3.63) is 47.4 Å². The van der Waals surface area contributed by atoms with Crippen LogP contribution in [0.2, 0.25) is 0 Å². The van der Waals surface area contributed by atoms with Gasteiger partial charge in [0.15, 0.2) is 5.13 Å². The molecule has 0 saturated carbocycles. The van der Waals surface area contributed by atoms with Crippen molar-refractivity contribution in [2.45, 2.75) is 27.7 Å². The lowest BCUT2D eigenvalue weighted by Crippen LogP contribution is -2.03. The highest BCUT2D eigenvalue weighted by Crippen LogP contribution is 2.37. The average molecular weight is 437 g/mol. The summed E-state index contributed by atoms with van der Waals surface area (Å²) in [6, 6.07) is 5.91. The number of nitrogens with zero attached hydrogens (tertiary/aromatic N) is 3. The minimum atomic E-state index is -0.996. The Balaban J connectivity index is 1.88. The predicted octanol–water partition coefficient (Wildman–Crippen LogP) is 3.25. The molecule has 10 heteroatoms. The number of rotatable bonds is 9. The summed E-state index contributed by atoms with van der Waals surface area (Å²) in [5.74, 6) is 1.24. The molecular formula is C18H20N4O3S3. The van der Waals surface area contributed by atoms with Gasteiger partial charge in [0.2, 0.25) is 0 Å². The van der Waals surface area contributed by atoms with Gasteiger partial charge < -0.3 is 20.6 Å². The minimum Gasteiger partial charge on any atom is -0.396 e. The Labute approximate surface area is 175 Å². The smallest absolute Gasteiger partial charge is 0.188 e. The second-order valence-electron chi connectivity index (χ2n) is 5.68. The van der Waals surface area contributed by atoms with Gasteiger partial charge in [-0.25, -0.2) is 9.97 Å². The van der Waals surface area contributed by atoms with Crippen molar-refractivity contribution in [2.75, 3.05) is 24.3 Å². The molecule has 0 amide bonds. The van der Waals surface area contributed by atoms with Crippen LogP contribution < -0.4 is 5.32 Å². The Hall–Kier alpha value is -1.69. The summed E-state index contributed by atoms with van der Waals surface area (Å²) in [5, 5.41) is 33.4. The lowest BCUT2D eigenvalue weighted by molar-refractivity contribution is 0.0928. The van der Waals surface area contributed by atoms with Gasteiger partial charge in [0.1, 0.15) is 11.9 Å². The molecule has 0 radical (unpaired) electrons. The van der Waals surface area contributed by atoms with Crippen LogP contribution in [0.25, 0.3) is 0 Å². The summed E-state index contributed by atoms with van der Waals surface area (Å²) in [6.07, 6.45) is 2.51. The van der Waals surface area contributed by atoms with Crippen molar-refractivity contribution in [3.63, 3.8) is 0 Å². The van der Waals surface area contributed by atoms with E-state index in [1.165, 1.54) is 23.1 Å². The van der Waals surface area contributed by atoms with Crippen molar-refractivity contribution in [1.29, 1.82) is 0 Å². The van der Waals surface area contributed by atoms with Crippen LogP contribution in [0.15, 0.2) is 50.7 Å². The second kappa shape index (κ2) is 10.2. The molecule has 3 aromatic rings. The topological polar surface area (TPSA) is 111 Å². The zero-order valence-electron chi connectivity index (χ0n) is 15.1. The lowest BCUT2D eigenvalue weighted by atomic mass is 10.3. The maximum Gasteiger partial charge on any atom is 0.188 e. The van der Waals surface area contributed by atoms with Crippen LogP contribution in [0.3, 0.4) is 0 Å². The monoisotopic (exact) mass is 436 g/mol. The van der Waals surface area contributed by atoms with Crippen LogP contribution >= 0.6 is 34.9 Å². The molecular weight excluding hydrogens is 416 g/mol. The first-order valence-corrected chi connectivity index (χ1v) is 11.1. The Morgan fingerprint density at radius 2 is 2.11 bits per heavy atom. The highest BCUT2D eigenvalue weighted by molar-refractivity contribution is 8.00. The lowest BCUT2D eigenvalue weighted by Gasteiger charge is -2.12. The van der Waals surface area contributed by atoms with Gasteiger partial charge in [-0.15, -0.1) is 23.1 Å². The normalized spacial score (nSPS) is 12.1. The van der Waals surface area contributed by atoms with Gasteiger partial charge in [-0.1, -0.05) is 11.8 Å². The Bertz CT molecular complexity index is 923. The van der Waals surface area contributed by atoms with Crippen LogP contribution in [0, 0.1) is 6.92 Å². The number of nitrogens with one attached hydrogen (secondary N) is 1. The molecule has 3 aromatic heterocycles. The summed E-state index contributed by atoms with van der Waals surface area (Å²) in [5.41, 5.74) is 1.34. The molecule has 4 N–H and O–H groups in total. The number of hydrogen-bond donors (Lipinski definition) is 4. The van der Waals surface area contributed by atoms with Crippen LogP contribution in [0.5, 0.6) is 0 Å². The van der Waals surface area contributed by atoms with E-state index in [2.05, 4.69) is 20.3 Å². The molecule has 148 valence electrons. The molecule has 28 heavy (non-hydrogen) atoms. The largest absolute Gasteiger partial charge is 0.396 e. The Kier molecular flexibility index (Phi) is 7.65. The van der Waals surface area contributed by atoms with Crippen molar-refractivity contribution in [3.8, 4) is 0 Å². The quantitative estimate of drug-likeness (QED) is 0.376. The first-order chi connectivity index (χ1) is 13.6. The van der Waals surface area contributed by atoms with Gasteiger partial charge in [-0.05, 0) is 25.1 Å². The summed E-state index contributed by atoms with van der Waals surface area (Å²) < 4.78 is 0. The first-order valence-electron chi connectivity index (χ1n) is 8.45. The molecule has 0 fully saturated rings. The van der Waals surface area contributed by atoms with E-state index in [0.717, 1.165) is 20.4 Å². The van der Waals surface area contributed by atoms with Gasteiger partial charge in [-0.3, -0.25) is 4.98 Å². The number of anilines is 2. The fourth-order valence-electron chi connectivity index (χ4n) is 2.23. The summed E-state index contributed by atoms with van der Waals surface area (Å²) >= 11 is 4.41. The number of aromatic nitrogens is 3. The third-order valence-corrected chi connectivity index (χ3v) is 6.53. The highest BCUT2D eigenvalue weighted by Gasteiger charge is 2.14. The van der Waals surface area contributed by atoms with Crippen LogP contribution in [0.4, 0.5) is 10.9 Å². The van der Waals surface area contributed by atoms with E-state index in [9.17, 15) is 5.11 Å². The SMILES string of the molecule is Cc1ncccc1Sc1cc(SCCO)cnc1Nc1nc(C(O)CO)cs1. The van der Waals surface area contributed by atoms with Gasteiger partial charge in [0.25, 0.3) is 0 Å². The van der Waals surface area contributed by atoms with Crippen molar-refractivity contribution in [1.82, 2.24) is 15.0 Å². The van der Waals surface area contributed by atoms with Crippen molar-refractivity contribution >= 4 is 45.8 Å². The van der Waals surface area contributed by atoms with Crippen LogP contribution in [-0.2, 0) is 0 Å². The van der Waals surface area contributed by atoms with Gasteiger partial charge in [-0.2, -0.15) is 0 Å². The molecule has 0 bridgehead atoms. The van der Waals surface area contributed by atoms with Gasteiger partial charge >= 0.3 is 0 Å². The first kappa shape index (κ1) is 21.0. The molecule has 3 heterocycles. The third kappa shape index (κ3) is 5.43. The molecule has 1 unspecified atom stereocenters. The Morgan fingerprint density at radius 1 is 1.25 bits per heavy atom. The summed E-state index contributed by atoms with van der Waals surface area (Å²) in [7, 11) is 0. The minimum absolute atomic E-state index is 0.101. The van der Waals surface area contributed by atoms with E-state index in [0.29, 0.717) is 22.4 Å². The van der Waals surface area contributed by atoms with Crippen LogP contribution in [-0.4, -0.2) is 49.2 Å². The number of hydrogen-bond acceptors (Lipinski definition) is 10. The van der Waals surface area contributed by atoms with E-state index in [-0.39, 0.29) is 13.2 Å². The van der Waals surface area contributed by atoms with E-state index in [1.54, 1.807) is 29.5 Å². The fourth-order valence-corrected chi connectivity index (χ4v) is 4.68. The molecule has 7 nitrogen and oxygen atoms in total. The number of thiazole rings is 1. The molecule has 0 aliphatic rings. The van der Waals surface area contributed by atoms with E-state index < -0.39 is 6.10 Å². The van der Waals surface area contributed by atoms with Crippen molar-refractivity contribution in [2.24, 2.45) is 0 Å². The average Bonchev–Trinajstić information content (AvgIpc) is 3.17. The van der Waals surface area contributed by atoms with E-state index in [4.69, 9.17) is 10.2 Å². The predicted molar refractivity (Wildman–Crippen MR) is 113 cm³/mol. The molecule has 0 saturated heterocycles. The zero-order valence-corrected chi connectivity index (χ0v) is 17.5. The summed E-state index contributed by atoms with van der Waals surface area (Å²) in [4.78, 5) is 16.0. The number of aliphatic hydroxyl groups is 3. The fraction of sp³-hybridized carbons (Fsp3) is 0.278. The number of thioether (sulfide) groups is 1. The highest BCUT2D eigenvalue weighted by atomic mass is 32.2. The Morgan fingerprint density at radius 3 is 2.86 bits per heavy atom. The summed E-state index contributed by atoms with van der Waals surface area (Å²) in [6.45, 7) is 1.68. The number of pyridine rings is 2.